The summed E-state index contributed by atoms with van der Waals surface area (Å²) in [7, 11) is 0. The molecule has 35 heavy (non-hydrogen) atoms. The molecule has 0 saturated carbocycles. The van der Waals surface area contributed by atoms with E-state index in [-0.39, 0.29) is 11.5 Å². The third-order valence-corrected chi connectivity index (χ3v) is 8.71. The second-order valence-corrected chi connectivity index (χ2v) is 10.7. The molecular weight excluding hydrogens is 454 g/mol. The standard InChI is InChI=1S/C27H25N7S/c28-25-18-5-2-1-4-17(18)15-27(25)8-12-34(13-9-27)22-14-20-26(33-22)31-16-23(32-20)35-21-7-11-29-19-6-3-10-30-24(19)21/h1-7,10-11,16,25H,8-9,12-15,28H2/t25-/m1/s1. The molecule has 1 fully saturated rings. The lowest BCUT2D eigenvalue weighted by molar-refractivity contribution is 0.127. The number of aliphatic imine (C=N–C) groups is 1. The predicted octanol–water partition coefficient (Wildman–Crippen LogP) is 4.50. The van der Waals surface area contributed by atoms with Crippen molar-refractivity contribution in [1.29, 1.82) is 0 Å². The highest BCUT2D eigenvalue weighted by Gasteiger charge is 2.46. The summed E-state index contributed by atoms with van der Waals surface area (Å²) in [6, 6.07) is 14.7. The maximum Gasteiger partial charge on any atom is 0.176 e. The van der Waals surface area contributed by atoms with Crippen molar-refractivity contribution in [2.75, 3.05) is 13.1 Å². The predicted molar refractivity (Wildman–Crippen MR) is 137 cm³/mol. The van der Waals surface area contributed by atoms with E-state index in [9.17, 15) is 0 Å². The van der Waals surface area contributed by atoms with Crippen molar-refractivity contribution in [2.24, 2.45) is 16.1 Å². The minimum Gasteiger partial charge on any atom is -0.360 e. The summed E-state index contributed by atoms with van der Waals surface area (Å²) in [4.78, 5) is 26.7. The number of nitrogens with two attached hydrogens (primary N) is 1. The summed E-state index contributed by atoms with van der Waals surface area (Å²) < 4.78 is 0. The third-order valence-electron chi connectivity index (χ3n) is 7.75. The van der Waals surface area contributed by atoms with Crippen LogP contribution in [0, 0.1) is 5.41 Å². The highest BCUT2D eigenvalue weighted by Crippen LogP contribution is 2.50. The molecule has 2 N–H and O–H groups in total. The first-order valence-corrected chi connectivity index (χ1v) is 12.9. The number of amidine groups is 1. The number of fused-ring (bicyclic) bond motifs is 3. The van der Waals surface area contributed by atoms with Gasteiger partial charge in [0.1, 0.15) is 16.4 Å². The van der Waals surface area contributed by atoms with E-state index in [0.29, 0.717) is 0 Å². The molecule has 1 saturated heterocycles. The minimum absolute atomic E-state index is 0.130. The minimum atomic E-state index is 0.130. The van der Waals surface area contributed by atoms with Crippen LogP contribution < -0.4 is 5.73 Å². The summed E-state index contributed by atoms with van der Waals surface area (Å²) in [5, 5.41) is 0.852. The smallest absolute Gasteiger partial charge is 0.176 e. The van der Waals surface area contributed by atoms with E-state index in [2.05, 4.69) is 44.1 Å². The van der Waals surface area contributed by atoms with Crippen molar-refractivity contribution < 1.29 is 0 Å². The lowest BCUT2D eigenvalue weighted by Crippen LogP contribution is -2.46. The van der Waals surface area contributed by atoms with E-state index in [0.717, 1.165) is 77.1 Å². The first-order valence-electron chi connectivity index (χ1n) is 12.1. The van der Waals surface area contributed by atoms with E-state index >= 15 is 0 Å². The van der Waals surface area contributed by atoms with Crippen molar-refractivity contribution in [3.05, 3.63) is 77.9 Å². The molecule has 5 heterocycles. The Morgan fingerprint density at radius 3 is 2.74 bits per heavy atom. The highest BCUT2D eigenvalue weighted by atomic mass is 32.2. The second kappa shape index (κ2) is 8.10. The van der Waals surface area contributed by atoms with Crippen molar-refractivity contribution in [2.45, 2.75) is 41.6 Å². The monoisotopic (exact) mass is 479 g/mol. The molecule has 1 spiro atoms. The van der Waals surface area contributed by atoms with Gasteiger partial charge in [-0.25, -0.2) is 15.0 Å². The van der Waals surface area contributed by atoms with Gasteiger partial charge < -0.3 is 10.6 Å². The summed E-state index contributed by atoms with van der Waals surface area (Å²) >= 11 is 1.57. The molecule has 0 unspecified atom stereocenters. The van der Waals surface area contributed by atoms with Gasteiger partial charge >= 0.3 is 0 Å². The summed E-state index contributed by atoms with van der Waals surface area (Å²) in [5.41, 5.74) is 12.4. The van der Waals surface area contributed by atoms with Gasteiger partial charge in [0.25, 0.3) is 0 Å². The summed E-state index contributed by atoms with van der Waals surface area (Å²) in [6.45, 7) is 1.95. The number of benzene rings is 1. The van der Waals surface area contributed by atoms with Crippen LogP contribution in [0.5, 0.6) is 0 Å². The van der Waals surface area contributed by atoms with E-state index in [4.69, 9.17) is 15.7 Å². The Morgan fingerprint density at radius 2 is 1.86 bits per heavy atom. The Hall–Kier alpha value is -3.36. The molecule has 7 rings (SSSR count). The number of hydrogen-bond acceptors (Lipinski definition) is 8. The normalized spacial score (nSPS) is 20.2. The molecule has 7 nitrogen and oxygen atoms in total. The van der Waals surface area contributed by atoms with Crippen LogP contribution >= 0.6 is 11.8 Å². The largest absolute Gasteiger partial charge is 0.360 e. The van der Waals surface area contributed by atoms with E-state index in [1.54, 1.807) is 18.0 Å². The van der Waals surface area contributed by atoms with Gasteiger partial charge in [-0.2, -0.15) is 0 Å². The van der Waals surface area contributed by atoms with Crippen LogP contribution in [0.3, 0.4) is 0 Å². The second-order valence-electron chi connectivity index (χ2n) is 9.67. The highest BCUT2D eigenvalue weighted by molar-refractivity contribution is 7.99. The number of rotatable bonds is 2. The van der Waals surface area contributed by atoms with Crippen LogP contribution in [-0.4, -0.2) is 43.8 Å². The number of piperidine rings is 1. The summed E-state index contributed by atoms with van der Waals surface area (Å²) in [5.74, 6) is 1.82. The molecule has 0 amide bonds. The van der Waals surface area contributed by atoms with Crippen LogP contribution in [0.1, 0.15) is 35.7 Å². The Labute approximate surface area is 207 Å². The molecule has 4 aromatic rings. The fourth-order valence-corrected chi connectivity index (χ4v) is 6.69. The lowest BCUT2D eigenvalue weighted by Gasteiger charge is -2.43. The van der Waals surface area contributed by atoms with Crippen molar-refractivity contribution in [1.82, 2.24) is 24.8 Å². The molecule has 1 atom stereocenters. The van der Waals surface area contributed by atoms with Gasteiger partial charge in [0, 0.05) is 36.4 Å². The lowest BCUT2D eigenvalue weighted by atomic mass is 9.73. The molecule has 3 aliphatic rings. The van der Waals surface area contributed by atoms with Gasteiger partial charge in [-0.1, -0.05) is 36.0 Å². The molecule has 2 aliphatic heterocycles. The molecule has 0 radical (unpaired) electrons. The van der Waals surface area contributed by atoms with Crippen molar-refractivity contribution in [3.8, 4) is 0 Å². The van der Waals surface area contributed by atoms with E-state index in [1.165, 1.54) is 11.1 Å². The van der Waals surface area contributed by atoms with Crippen LogP contribution in [-0.2, 0) is 12.8 Å². The number of pyridine rings is 2. The Kier molecular flexibility index (Phi) is 4.85. The first kappa shape index (κ1) is 21.0. The van der Waals surface area contributed by atoms with Gasteiger partial charge in [-0.15, -0.1) is 0 Å². The van der Waals surface area contributed by atoms with Crippen LogP contribution in [0.2, 0.25) is 0 Å². The Morgan fingerprint density at radius 1 is 0.971 bits per heavy atom. The zero-order chi connectivity index (χ0) is 23.4. The van der Waals surface area contributed by atoms with Crippen LogP contribution in [0.25, 0.3) is 11.0 Å². The van der Waals surface area contributed by atoms with Gasteiger partial charge in [-0.3, -0.25) is 9.97 Å². The van der Waals surface area contributed by atoms with E-state index < -0.39 is 0 Å². The van der Waals surface area contributed by atoms with Gasteiger partial charge in [0.05, 0.1) is 23.8 Å². The van der Waals surface area contributed by atoms with Gasteiger partial charge in [0.2, 0.25) is 0 Å². The average molecular weight is 480 g/mol. The quantitative estimate of drug-likeness (QED) is 0.453. The SMILES string of the molecule is N[C@@H]1c2ccccc2CC12CCN(C1=Nc3ncc(Sc4ccnc5cccnc45)nc3C1)CC2. The Balaban J connectivity index is 1.05. The van der Waals surface area contributed by atoms with Crippen LogP contribution in [0.4, 0.5) is 5.82 Å². The molecular formula is C27H25N7S. The zero-order valence-corrected chi connectivity index (χ0v) is 20.1. The molecule has 8 heteroatoms. The maximum absolute atomic E-state index is 6.76. The molecule has 1 aromatic carbocycles. The van der Waals surface area contributed by atoms with Gasteiger partial charge in [-0.05, 0) is 54.0 Å². The number of nitrogens with zero attached hydrogens (tertiary/aromatic N) is 6. The Bertz CT molecular complexity index is 1470. The zero-order valence-electron chi connectivity index (χ0n) is 19.3. The van der Waals surface area contributed by atoms with Gasteiger partial charge in [0.15, 0.2) is 5.82 Å². The number of likely N-dealkylation sites (tertiary alicyclic amines) is 1. The third kappa shape index (κ3) is 3.51. The molecule has 1 aliphatic carbocycles. The molecule has 3 aromatic heterocycles. The number of hydrogen-bond donors (Lipinski definition) is 1. The molecule has 0 bridgehead atoms. The van der Waals surface area contributed by atoms with Crippen molar-refractivity contribution in [3.63, 3.8) is 0 Å². The van der Waals surface area contributed by atoms with Crippen LogP contribution in [0.15, 0.2) is 76.0 Å². The average Bonchev–Trinajstić information content (AvgIpc) is 3.44. The molecule has 174 valence electrons. The summed E-state index contributed by atoms with van der Waals surface area (Å²) in [6.07, 6.45) is 9.41. The van der Waals surface area contributed by atoms with E-state index in [1.807, 2.05) is 30.6 Å². The fourth-order valence-electron chi connectivity index (χ4n) is 5.82. The topological polar surface area (TPSA) is 93.2 Å². The first-order chi connectivity index (χ1) is 17.2. The maximum atomic E-state index is 6.76. The fraction of sp³-hybridized carbons (Fsp3) is 0.296. The van der Waals surface area contributed by atoms with Crippen molar-refractivity contribution >= 4 is 34.4 Å². The number of aromatic nitrogens is 4.